The van der Waals surface area contributed by atoms with Crippen LogP contribution in [0, 0.1) is 0 Å². The summed E-state index contributed by atoms with van der Waals surface area (Å²) in [5, 5.41) is 14.5. The molecule has 0 saturated heterocycles. The van der Waals surface area contributed by atoms with E-state index in [1.165, 1.54) is 0 Å². The van der Waals surface area contributed by atoms with Gasteiger partial charge < -0.3 is 25.4 Å². The van der Waals surface area contributed by atoms with Crippen molar-refractivity contribution in [1.29, 1.82) is 0 Å². The van der Waals surface area contributed by atoms with Gasteiger partial charge in [-0.2, -0.15) is 0 Å². The molecular formula is C17H21N3O4. The van der Waals surface area contributed by atoms with Crippen LogP contribution >= 0.6 is 0 Å². The Morgan fingerprint density at radius 3 is 2.71 bits per heavy atom. The first-order valence-corrected chi connectivity index (χ1v) is 8.07. The fourth-order valence-corrected chi connectivity index (χ4v) is 3.04. The third-order valence-corrected chi connectivity index (χ3v) is 4.13. The van der Waals surface area contributed by atoms with Crippen LogP contribution in [-0.4, -0.2) is 48.2 Å². The standard InChI is InChI=1S/C17H21N3O4/c1-2-24-12-6-4-11(5-7-12)15-14-13(18-17(23)19-15)10-20(16(14)22)8-3-9-21/h4-7,15,21H,2-3,8-10H2,1H3,(H2,18,19,23)/t15-/m0/s1. The topological polar surface area (TPSA) is 90.9 Å². The molecule has 0 unspecified atom stereocenters. The van der Waals surface area contributed by atoms with Crippen LogP contribution in [0.1, 0.15) is 24.9 Å². The van der Waals surface area contributed by atoms with Gasteiger partial charge in [0.05, 0.1) is 30.5 Å². The normalized spacial score (nSPS) is 19.9. The lowest BCUT2D eigenvalue weighted by atomic mass is 9.96. The largest absolute Gasteiger partial charge is 0.494 e. The lowest BCUT2D eigenvalue weighted by Gasteiger charge is -2.25. The van der Waals surface area contributed by atoms with Gasteiger partial charge in [0.2, 0.25) is 0 Å². The summed E-state index contributed by atoms with van der Waals surface area (Å²) in [7, 11) is 0. The summed E-state index contributed by atoms with van der Waals surface area (Å²) in [6, 6.07) is 6.58. The molecular weight excluding hydrogens is 310 g/mol. The predicted octanol–water partition coefficient (Wildman–Crippen LogP) is 0.918. The van der Waals surface area contributed by atoms with Crippen molar-refractivity contribution in [3.05, 3.63) is 41.1 Å². The number of hydrogen-bond donors (Lipinski definition) is 3. The number of aliphatic hydroxyl groups is 1. The summed E-state index contributed by atoms with van der Waals surface area (Å²) < 4.78 is 5.43. The van der Waals surface area contributed by atoms with Gasteiger partial charge in [0.1, 0.15) is 5.75 Å². The van der Waals surface area contributed by atoms with E-state index in [4.69, 9.17) is 9.84 Å². The molecule has 7 heteroatoms. The van der Waals surface area contributed by atoms with Gasteiger partial charge in [0.15, 0.2) is 0 Å². The lowest BCUT2D eigenvalue weighted by Crippen LogP contribution is -2.44. The Bertz CT molecular complexity index is 669. The Balaban J connectivity index is 1.85. The number of aliphatic hydroxyl groups excluding tert-OH is 1. The fourth-order valence-electron chi connectivity index (χ4n) is 3.04. The Morgan fingerprint density at radius 1 is 1.29 bits per heavy atom. The molecule has 24 heavy (non-hydrogen) atoms. The molecule has 3 amide bonds. The third kappa shape index (κ3) is 3.07. The molecule has 128 valence electrons. The number of rotatable bonds is 6. The molecule has 3 rings (SSSR count). The molecule has 0 aromatic heterocycles. The molecule has 0 bridgehead atoms. The lowest BCUT2D eigenvalue weighted by molar-refractivity contribution is -0.125. The van der Waals surface area contributed by atoms with Crippen molar-refractivity contribution in [3.8, 4) is 5.75 Å². The zero-order chi connectivity index (χ0) is 17.1. The minimum absolute atomic E-state index is 0.0291. The molecule has 2 heterocycles. The molecule has 1 atom stereocenters. The zero-order valence-corrected chi connectivity index (χ0v) is 13.5. The van der Waals surface area contributed by atoms with E-state index >= 15 is 0 Å². The van der Waals surface area contributed by atoms with E-state index in [9.17, 15) is 9.59 Å². The number of ether oxygens (including phenoxy) is 1. The highest BCUT2D eigenvalue weighted by molar-refractivity contribution is 6.01. The first-order valence-electron chi connectivity index (χ1n) is 8.07. The van der Waals surface area contributed by atoms with Gasteiger partial charge in [0, 0.05) is 13.2 Å². The second-order valence-electron chi connectivity index (χ2n) is 5.73. The van der Waals surface area contributed by atoms with Crippen molar-refractivity contribution in [2.75, 3.05) is 26.3 Å². The quantitative estimate of drug-likeness (QED) is 0.723. The van der Waals surface area contributed by atoms with Crippen LogP contribution < -0.4 is 15.4 Å². The maximum atomic E-state index is 12.7. The number of carbonyl (C=O) groups excluding carboxylic acids is 2. The molecule has 0 saturated carbocycles. The van der Waals surface area contributed by atoms with Crippen molar-refractivity contribution in [2.45, 2.75) is 19.4 Å². The molecule has 0 radical (unpaired) electrons. The number of amides is 3. The van der Waals surface area contributed by atoms with Crippen LogP contribution in [0.15, 0.2) is 35.5 Å². The molecule has 2 aliphatic rings. The average Bonchev–Trinajstić information content (AvgIpc) is 2.89. The van der Waals surface area contributed by atoms with Gasteiger partial charge in [-0.15, -0.1) is 0 Å². The second kappa shape index (κ2) is 6.92. The first-order chi connectivity index (χ1) is 11.6. The summed E-state index contributed by atoms with van der Waals surface area (Å²) >= 11 is 0. The molecule has 1 aromatic carbocycles. The number of hydrogen-bond acceptors (Lipinski definition) is 4. The van der Waals surface area contributed by atoms with Crippen LogP contribution in [-0.2, 0) is 4.79 Å². The summed E-state index contributed by atoms with van der Waals surface area (Å²) in [5.41, 5.74) is 2.04. The minimum Gasteiger partial charge on any atom is -0.494 e. The van der Waals surface area contributed by atoms with Crippen LogP contribution in [0.5, 0.6) is 5.75 Å². The van der Waals surface area contributed by atoms with Crippen LogP contribution in [0.25, 0.3) is 0 Å². The van der Waals surface area contributed by atoms with Gasteiger partial charge >= 0.3 is 6.03 Å². The highest BCUT2D eigenvalue weighted by Crippen LogP contribution is 2.33. The summed E-state index contributed by atoms with van der Waals surface area (Å²) in [4.78, 5) is 26.3. The summed E-state index contributed by atoms with van der Waals surface area (Å²) in [6.07, 6.45) is 0.515. The predicted molar refractivity (Wildman–Crippen MR) is 87.3 cm³/mol. The molecule has 2 aliphatic heterocycles. The zero-order valence-electron chi connectivity index (χ0n) is 13.5. The van der Waals surface area contributed by atoms with Gasteiger partial charge in [-0.05, 0) is 31.0 Å². The maximum absolute atomic E-state index is 12.7. The van der Waals surface area contributed by atoms with E-state index in [0.29, 0.717) is 37.4 Å². The number of urea groups is 1. The number of carbonyl (C=O) groups is 2. The van der Waals surface area contributed by atoms with Gasteiger partial charge in [-0.3, -0.25) is 4.79 Å². The fraction of sp³-hybridized carbons (Fsp3) is 0.412. The SMILES string of the molecule is CCOc1ccc([C@@H]2NC(=O)NC3=C2C(=O)N(CCCO)C3)cc1. The van der Waals surface area contributed by atoms with Crippen LogP contribution in [0.2, 0.25) is 0 Å². The average molecular weight is 331 g/mol. The van der Waals surface area contributed by atoms with Gasteiger partial charge in [0.25, 0.3) is 5.91 Å². The Labute approximate surface area is 140 Å². The van der Waals surface area contributed by atoms with E-state index in [1.807, 2.05) is 31.2 Å². The molecule has 7 nitrogen and oxygen atoms in total. The molecule has 1 aromatic rings. The van der Waals surface area contributed by atoms with Crippen molar-refractivity contribution >= 4 is 11.9 Å². The third-order valence-electron chi connectivity index (χ3n) is 4.13. The maximum Gasteiger partial charge on any atom is 0.319 e. The first kappa shape index (κ1) is 16.3. The van der Waals surface area contributed by atoms with Crippen molar-refractivity contribution in [3.63, 3.8) is 0 Å². The summed E-state index contributed by atoms with van der Waals surface area (Å²) in [5.74, 6) is 0.642. The minimum atomic E-state index is -0.476. The van der Waals surface area contributed by atoms with E-state index in [-0.39, 0.29) is 18.5 Å². The van der Waals surface area contributed by atoms with E-state index in [0.717, 1.165) is 11.3 Å². The van der Waals surface area contributed by atoms with Crippen LogP contribution in [0.4, 0.5) is 4.79 Å². The monoisotopic (exact) mass is 331 g/mol. The van der Waals surface area contributed by atoms with Crippen molar-refractivity contribution in [1.82, 2.24) is 15.5 Å². The van der Waals surface area contributed by atoms with Crippen LogP contribution in [0.3, 0.4) is 0 Å². The smallest absolute Gasteiger partial charge is 0.319 e. The highest BCUT2D eigenvalue weighted by atomic mass is 16.5. The Morgan fingerprint density at radius 2 is 2.04 bits per heavy atom. The van der Waals surface area contributed by atoms with E-state index in [2.05, 4.69) is 10.6 Å². The molecule has 0 spiro atoms. The number of nitrogens with one attached hydrogen (secondary N) is 2. The number of benzene rings is 1. The molecule has 3 N–H and O–H groups in total. The van der Waals surface area contributed by atoms with Crippen molar-refractivity contribution < 1.29 is 19.4 Å². The Hall–Kier alpha value is -2.54. The second-order valence-corrected chi connectivity index (χ2v) is 5.73. The number of nitrogens with zero attached hydrogens (tertiary/aromatic N) is 1. The van der Waals surface area contributed by atoms with Gasteiger partial charge in [-0.25, -0.2) is 4.79 Å². The molecule has 0 aliphatic carbocycles. The van der Waals surface area contributed by atoms with Gasteiger partial charge in [-0.1, -0.05) is 12.1 Å². The van der Waals surface area contributed by atoms with Crippen molar-refractivity contribution in [2.24, 2.45) is 0 Å². The van der Waals surface area contributed by atoms with E-state index < -0.39 is 6.04 Å². The Kier molecular flexibility index (Phi) is 4.71. The summed E-state index contributed by atoms with van der Waals surface area (Å²) in [6.45, 7) is 3.36. The molecule has 0 fully saturated rings. The highest BCUT2D eigenvalue weighted by Gasteiger charge is 2.39. The van der Waals surface area contributed by atoms with E-state index in [1.54, 1.807) is 4.90 Å².